The van der Waals surface area contributed by atoms with Gasteiger partial charge in [0.2, 0.25) is 0 Å². The highest BCUT2D eigenvalue weighted by Gasteiger charge is 2.44. The molecule has 0 aliphatic carbocycles. The standard InChI is InChI=1S/C5H9NO3/c7-5-1-8-3-6(5)4-9-2-5/h7H,1-4H2. The van der Waals surface area contributed by atoms with E-state index in [4.69, 9.17) is 9.47 Å². The second kappa shape index (κ2) is 1.67. The monoisotopic (exact) mass is 131 g/mol. The van der Waals surface area contributed by atoms with Gasteiger partial charge in [0.05, 0.1) is 13.2 Å². The van der Waals surface area contributed by atoms with E-state index in [0.29, 0.717) is 26.7 Å². The number of rotatable bonds is 0. The third kappa shape index (κ3) is 0.679. The summed E-state index contributed by atoms with van der Waals surface area (Å²) in [6, 6.07) is 0. The van der Waals surface area contributed by atoms with Crippen molar-refractivity contribution in [3.8, 4) is 0 Å². The summed E-state index contributed by atoms with van der Waals surface area (Å²) in [5, 5.41) is 9.51. The van der Waals surface area contributed by atoms with E-state index in [9.17, 15) is 5.11 Å². The number of ether oxygens (including phenoxy) is 2. The second-order valence-electron chi connectivity index (χ2n) is 2.48. The fourth-order valence-electron chi connectivity index (χ4n) is 1.14. The van der Waals surface area contributed by atoms with E-state index in [-0.39, 0.29) is 0 Å². The first-order valence-corrected chi connectivity index (χ1v) is 2.94. The summed E-state index contributed by atoms with van der Waals surface area (Å²) in [6.07, 6.45) is 0. The molecule has 2 heterocycles. The summed E-state index contributed by atoms with van der Waals surface area (Å²) in [5.74, 6) is 0. The molecule has 0 amide bonds. The number of hydrogen-bond acceptors (Lipinski definition) is 4. The Bertz CT molecular complexity index is 117. The van der Waals surface area contributed by atoms with Crippen molar-refractivity contribution in [3.63, 3.8) is 0 Å². The van der Waals surface area contributed by atoms with Gasteiger partial charge in [-0.2, -0.15) is 0 Å². The van der Waals surface area contributed by atoms with E-state index in [1.54, 1.807) is 4.90 Å². The lowest BCUT2D eigenvalue weighted by Gasteiger charge is -2.18. The molecule has 0 unspecified atom stereocenters. The van der Waals surface area contributed by atoms with Crippen molar-refractivity contribution < 1.29 is 14.6 Å². The van der Waals surface area contributed by atoms with Crippen LogP contribution in [-0.4, -0.2) is 42.4 Å². The minimum Gasteiger partial charge on any atom is -0.371 e. The zero-order valence-electron chi connectivity index (χ0n) is 5.04. The molecule has 9 heavy (non-hydrogen) atoms. The van der Waals surface area contributed by atoms with Crippen molar-refractivity contribution in [1.82, 2.24) is 4.90 Å². The third-order valence-electron chi connectivity index (χ3n) is 1.75. The zero-order chi connectivity index (χ0) is 6.32. The maximum atomic E-state index is 9.51. The Labute approximate surface area is 53.0 Å². The van der Waals surface area contributed by atoms with Gasteiger partial charge < -0.3 is 14.6 Å². The fraction of sp³-hybridized carbons (Fsp3) is 1.00. The Kier molecular flexibility index (Phi) is 1.04. The number of nitrogens with zero attached hydrogens (tertiary/aromatic N) is 1. The predicted octanol–water partition coefficient (Wildman–Crippen LogP) is -1.05. The normalized spacial score (nSPS) is 33.0. The second-order valence-corrected chi connectivity index (χ2v) is 2.48. The first kappa shape index (κ1) is 5.61. The van der Waals surface area contributed by atoms with E-state index in [1.165, 1.54) is 0 Å². The highest BCUT2D eigenvalue weighted by molar-refractivity contribution is 4.84. The van der Waals surface area contributed by atoms with E-state index in [0.717, 1.165) is 0 Å². The van der Waals surface area contributed by atoms with Gasteiger partial charge >= 0.3 is 0 Å². The molecular weight excluding hydrogens is 122 g/mol. The van der Waals surface area contributed by atoms with Crippen molar-refractivity contribution >= 4 is 0 Å². The van der Waals surface area contributed by atoms with Gasteiger partial charge in [0.15, 0.2) is 5.72 Å². The average Bonchev–Trinajstić information content (AvgIpc) is 2.22. The van der Waals surface area contributed by atoms with E-state index in [1.807, 2.05) is 0 Å². The van der Waals surface area contributed by atoms with Gasteiger partial charge in [0, 0.05) is 0 Å². The molecule has 0 aromatic rings. The molecule has 0 saturated carbocycles. The van der Waals surface area contributed by atoms with Crippen LogP contribution in [0.2, 0.25) is 0 Å². The highest BCUT2D eigenvalue weighted by Crippen LogP contribution is 2.24. The molecule has 0 aromatic heterocycles. The minimum absolute atomic E-state index is 0.382. The lowest BCUT2D eigenvalue weighted by Crippen LogP contribution is -2.42. The summed E-state index contributed by atoms with van der Waals surface area (Å²) in [4.78, 5) is 1.77. The topological polar surface area (TPSA) is 41.9 Å². The Morgan fingerprint density at radius 3 is 2.22 bits per heavy atom. The van der Waals surface area contributed by atoms with Crippen LogP contribution in [0.5, 0.6) is 0 Å². The molecule has 2 saturated heterocycles. The molecular formula is C5H9NO3. The van der Waals surface area contributed by atoms with Crippen molar-refractivity contribution in [2.24, 2.45) is 0 Å². The maximum absolute atomic E-state index is 9.51. The van der Waals surface area contributed by atoms with Crippen molar-refractivity contribution in [2.75, 3.05) is 26.7 Å². The quantitative estimate of drug-likeness (QED) is 0.455. The zero-order valence-corrected chi connectivity index (χ0v) is 5.04. The first-order chi connectivity index (χ1) is 4.31. The Morgan fingerprint density at radius 2 is 1.78 bits per heavy atom. The SMILES string of the molecule is OC12COCN1COC2. The summed E-state index contributed by atoms with van der Waals surface area (Å²) in [6.45, 7) is 1.76. The van der Waals surface area contributed by atoms with Crippen LogP contribution in [0, 0.1) is 0 Å². The van der Waals surface area contributed by atoms with Gasteiger partial charge in [-0.05, 0) is 0 Å². The van der Waals surface area contributed by atoms with Crippen molar-refractivity contribution in [3.05, 3.63) is 0 Å². The fourth-order valence-corrected chi connectivity index (χ4v) is 1.14. The molecule has 1 N–H and O–H groups in total. The van der Waals surface area contributed by atoms with Crippen LogP contribution in [0.25, 0.3) is 0 Å². The van der Waals surface area contributed by atoms with Gasteiger partial charge in [-0.25, -0.2) is 4.90 Å². The van der Waals surface area contributed by atoms with Crippen LogP contribution < -0.4 is 0 Å². The molecule has 0 spiro atoms. The number of aliphatic hydroxyl groups is 1. The van der Waals surface area contributed by atoms with Crippen molar-refractivity contribution in [2.45, 2.75) is 5.72 Å². The molecule has 0 radical (unpaired) electrons. The molecule has 2 aliphatic rings. The van der Waals surface area contributed by atoms with Gasteiger partial charge in [0.1, 0.15) is 13.5 Å². The van der Waals surface area contributed by atoms with Crippen LogP contribution in [0.4, 0.5) is 0 Å². The van der Waals surface area contributed by atoms with E-state index < -0.39 is 5.72 Å². The summed E-state index contributed by atoms with van der Waals surface area (Å²) < 4.78 is 10.0. The van der Waals surface area contributed by atoms with E-state index in [2.05, 4.69) is 0 Å². The molecule has 0 bridgehead atoms. The van der Waals surface area contributed by atoms with Crippen LogP contribution in [-0.2, 0) is 9.47 Å². The summed E-state index contributed by atoms with van der Waals surface area (Å²) in [5.41, 5.74) is -0.806. The first-order valence-electron chi connectivity index (χ1n) is 2.94. The Hall–Kier alpha value is -0.160. The molecule has 2 rings (SSSR count). The molecule has 2 fully saturated rings. The van der Waals surface area contributed by atoms with Gasteiger partial charge in [0.25, 0.3) is 0 Å². The largest absolute Gasteiger partial charge is 0.371 e. The Balaban J connectivity index is 2.17. The maximum Gasteiger partial charge on any atom is 0.169 e. The third-order valence-corrected chi connectivity index (χ3v) is 1.75. The summed E-state index contributed by atoms with van der Waals surface area (Å²) >= 11 is 0. The van der Waals surface area contributed by atoms with E-state index >= 15 is 0 Å². The number of fused-ring (bicyclic) bond motifs is 1. The van der Waals surface area contributed by atoms with Gasteiger partial charge in [-0.3, -0.25) is 0 Å². The molecule has 0 aromatic carbocycles. The molecule has 0 atom stereocenters. The van der Waals surface area contributed by atoms with Crippen LogP contribution in [0.1, 0.15) is 0 Å². The lowest BCUT2D eigenvalue weighted by molar-refractivity contribution is -0.0358. The summed E-state index contributed by atoms with van der Waals surface area (Å²) in [7, 11) is 0. The molecule has 4 nitrogen and oxygen atoms in total. The average molecular weight is 131 g/mol. The Morgan fingerprint density at radius 1 is 1.22 bits per heavy atom. The molecule has 52 valence electrons. The van der Waals surface area contributed by atoms with Crippen molar-refractivity contribution in [1.29, 1.82) is 0 Å². The van der Waals surface area contributed by atoms with Crippen LogP contribution in [0.15, 0.2) is 0 Å². The van der Waals surface area contributed by atoms with Crippen LogP contribution >= 0.6 is 0 Å². The van der Waals surface area contributed by atoms with Crippen LogP contribution in [0.3, 0.4) is 0 Å². The minimum atomic E-state index is -0.806. The predicted molar refractivity (Wildman–Crippen MR) is 28.4 cm³/mol. The van der Waals surface area contributed by atoms with Gasteiger partial charge in [-0.15, -0.1) is 0 Å². The highest BCUT2D eigenvalue weighted by atomic mass is 16.6. The molecule has 2 aliphatic heterocycles. The molecule has 4 heteroatoms. The lowest BCUT2D eigenvalue weighted by atomic mass is 10.3. The van der Waals surface area contributed by atoms with Gasteiger partial charge in [-0.1, -0.05) is 0 Å². The number of hydrogen-bond donors (Lipinski definition) is 1. The smallest absolute Gasteiger partial charge is 0.169 e.